The molecule has 3 nitrogen and oxygen atoms in total. The molecular weight excluding hydrogens is 363 g/mol. The van der Waals surface area contributed by atoms with Crippen molar-refractivity contribution in [3.05, 3.63) is 50.7 Å². The molecule has 6 heteroatoms. The van der Waals surface area contributed by atoms with Crippen LogP contribution >= 0.6 is 39.1 Å². The first kappa shape index (κ1) is 15.4. The van der Waals surface area contributed by atoms with Crippen LogP contribution in [0.2, 0.25) is 10.0 Å². The fourth-order valence-electron chi connectivity index (χ4n) is 1.91. The number of hydrogen-bond acceptors (Lipinski definition) is 1. The van der Waals surface area contributed by atoms with Gasteiger partial charge in [-0.15, -0.1) is 0 Å². The van der Waals surface area contributed by atoms with Gasteiger partial charge < -0.3 is 9.88 Å². The number of hydrogen-bond donors (Lipinski definition) is 1. The van der Waals surface area contributed by atoms with E-state index in [1.807, 2.05) is 10.8 Å². The van der Waals surface area contributed by atoms with Crippen LogP contribution < -0.4 is 5.32 Å². The molecule has 0 aliphatic carbocycles. The van der Waals surface area contributed by atoms with E-state index in [1.54, 1.807) is 24.3 Å². The Morgan fingerprint density at radius 2 is 1.90 bits per heavy atom. The van der Waals surface area contributed by atoms with Crippen LogP contribution in [0.4, 0.5) is 5.69 Å². The van der Waals surface area contributed by atoms with Crippen LogP contribution in [-0.2, 0) is 6.54 Å². The van der Waals surface area contributed by atoms with E-state index in [0.29, 0.717) is 21.4 Å². The first-order valence-corrected chi connectivity index (χ1v) is 7.67. The molecule has 0 saturated heterocycles. The minimum atomic E-state index is -0.192. The smallest absolute Gasteiger partial charge is 0.272 e. The van der Waals surface area contributed by atoms with Crippen LogP contribution in [0.3, 0.4) is 0 Å². The Balaban J connectivity index is 2.23. The van der Waals surface area contributed by atoms with Crippen molar-refractivity contribution in [2.75, 3.05) is 5.32 Å². The Bertz CT molecular complexity index is 620. The number of carbonyl (C=O) groups is 1. The van der Waals surface area contributed by atoms with E-state index in [4.69, 9.17) is 23.2 Å². The van der Waals surface area contributed by atoms with Crippen molar-refractivity contribution in [3.63, 3.8) is 0 Å². The van der Waals surface area contributed by atoms with Gasteiger partial charge in [0, 0.05) is 32.9 Å². The number of halogens is 3. The van der Waals surface area contributed by atoms with Gasteiger partial charge in [0.25, 0.3) is 5.91 Å². The number of benzene rings is 1. The van der Waals surface area contributed by atoms with Crippen molar-refractivity contribution >= 4 is 50.7 Å². The summed E-state index contributed by atoms with van der Waals surface area (Å²) in [7, 11) is 0. The fraction of sp³-hybridized carbons (Fsp3) is 0.214. The summed E-state index contributed by atoms with van der Waals surface area (Å²) in [6.07, 6.45) is 2.84. The largest absolute Gasteiger partial charge is 0.342 e. The van der Waals surface area contributed by atoms with Gasteiger partial charge >= 0.3 is 0 Å². The second-order valence-corrected chi connectivity index (χ2v) is 6.14. The highest BCUT2D eigenvalue weighted by Crippen LogP contribution is 2.23. The molecule has 0 fully saturated rings. The Kier molecular flexibility index (Phi) is 5.13. The van der Waals surface area contributed by atoms with Crippen LogP contribution in [0.15, 0.2) is 34.9 Å². The predicted octanol–water partition coefficient (Wildman–Crippen LogP) is 5.22. The summed E-state index contributed by atoms with van der Waals surface area (Å²) in [5.74, 6) is -0.192. The number of anilines is 1. The normalized spacial score (nSPS) is 10.6. The summed E-state index contributed by atoms with van der Waals surface area (Å²) in [4.78, 5) is 12.3. The summed E-state index contributed by atoms with van der Waals surface area (Å²) >= 11 is 15.2. The number of rotatable bonds is 4. The summed E-state index contributed by atoms with van der Waals surface area (Å²) < 4.78 is 2.78. The van der Waals surface area contributed by atoms with Crippen LogP contribution in [0.1, 0.15) is 23.8 Å². The molecule has 2 rings (SSSR count). The number of amides is 1. The number of nitrogens with zero attached hydrogens (tertiary/aromatic N) is 1. The monoisotopic (exact) mass is 374 g/mol. The molecule has 0 aliphatic rings. The van der Waals surface area contributed by atoms with Crippen molar-refractivity contribution in [2.45, 2.75) is 19.9 Å². The van der Waals surface area contributed by atoms with Gasteiger partial charge in [-0.3, -0.25) is 4.79 Å². The van der Waals surface area contributed by atoms with Crippen molar-refractivity contribution < 1.29 is 4.79 Å². The zero-order valence-electron chi connectivity index (χ0n) is 10.8. The molecule has 0 atom stereocenters. The molecule has 1 amide bonds. The molecule has 0 spiro atoms. The van der Waals surface area contributed by atoms with Gasteiger partial charge in [0.1, 0.15) is 5.69 Å². The Hall–Kier alpha value is -0.970. The minimum Gasteiger partial charge on any atom is -0.342 e. The first-order valence-electron chi connectivity index (χ1n) is 6.12. The first-order chi connectivity index (χ1) is 9.49. The Labute approximate surface area is 136 Å². The van der Waals surface area contributed by atoms with Crippen LogP contribution in [0, 0.1) is 0 Å². The summed E-state index contributed by atoms with van der Waals surface area (Å²) in [6.45, 7) is 2.84. The third-order valence-corrected chi connectivity index (χ3v) is 3.55. The van der Waals surface area contributed by atoms with Gasteiger partial charge in [-0.25, -0.2) is 0 Å². The molecular formula is C14H13BrCl2N2O. The van der Waals surface area contributed by atoms with Gasteiger partial charge in [-0.1, -0.05) is 30.1 Å². The molecule has 106 valence electrons. The van der Waals surface area contributed by atoms with E-state index in [9.17, 15) is 4.79 Å². The molecule has 1 heterocycles. The predicted molar refractivity (Wildman–Crippen MR) is 86.8 cm³/mol. The maximum absolute atomic E-state index is 12.3. The van der Waals surface area contributed by atoms with E-state index in [0.717, 1.165) is 17.4 Å². The number of aryl methyl sites for hydroxylation is 1. The molecule has 0 bridgehead atoms. The summed E-state index contributed by atoms with van der Waals surface area (Å²) in [5.41, 5.74) is 1.17. The minimum absolute atomic E-state index is 0.192. The molecule has 0 unspecified atom stereocenters. The highest BCUT2D eigenvalue weighted by molar-refractivity contribution is 9.10. The average molecular weight is 376 g/mol. The van der Waals surface area contributed by atoms with Crippen LogP contribution in [0.5, 0.6) is 0 Å². The molecule has 1 aromatic heterocycles. The lowest BCUT2D eigenvalue weighted by molar-refractivity contribution is 0.101. The van der Waals surface area contributed by atoms with Gasteiger partial charge in [0.05, 0.1) is 0 Å². The topological polar surface area (TPSA) is 34.0 Å². The molecule has 0 aliphatic heterocycles. The summed E-state index contributed by atoms with van der Waals surface area (Å²) in [5, 5.41) is 3.77. The van der Waals surface area contributed by atoms with Gasteiger partial charge in [0.2, 0.25) is 0 Å². The van der Waals surface area contributed by atoms with Crippen LogP contribution in [-0.4, -0.2) is 10.5 Å². The van der Waals surface area contributed by atoms with Gasteiger partial charge in [-0.2, -0.15) is 0 Å². The number of aromatic nitrogens is 1. The second-order valence-electron chi connectivity index (χ2n) is 4.35. The number of nitrogens with one attached hydrogen (secondary N) is 1. The Morgan fingerprint density at radius 3 is 2.50 bits per heavy atom. The van der Waals surface area contributed by atoms with E-state index < -0.39 is 0 Å². The zero-order valence-corrected chi connectivity index (χ0v) is 13.9. The lowest BCUT2D eigenvalue weighted by atomic mass is 10.3. The SMILES string of the molecule is CCCn1cc(Br)cc1C(=O)Nc1cc(Cl)cc(Cl)c1. The highest BCUT2D eigenvalue weighted by atomic mass is 79.9. The van der Waals surface area contributed by atoms with Gasteiger partial charge in [0.15, 0.2) is 0 Å². The zero-order chi connectivity index (χ0) is 14.7. The number of carbonyl (C=O) groups excluding carboxylic acids is 1. The second kappa shape index (κ2) is 6.66. The van der Waals surface area contributed by atoms with Crippen molar-refractivity contribution in [1.82, 2.24) is 4.57 Å². The lowest BCUT2D eigenvalue weighted by Crippen LogP contribution is -2.16. The maximum Gasteiger partial charge on any atom is 0.272 e. The molecule has 1 N–H and O–H groups in total. The van der Waals surface area contributed by atoms with E-state index in [1.165, 1.54) is 0 Å². The third-order valence-electron chi connectivity index (χ3n) is 2.68. The summed E-state index contributed by atoms with van der Waals surface area (Å²) in [6, 6.07) is 6.73. The molecule has 20 heavy (non-hydrogen) atoms. The van der Waals surface area contributed by atoms with Gasteiger partial charge in [-0.05, 0) is 46.6 Å². The van der Waals surface area contributed by atoms with Crippen LogP contribution in [0.25, 0.3) is 0 Å². The van der Waals surface area contributed by atoms with E-state index >= 15 is 0 Å². The molecule has 1 aromatic carbocycles. The van der Waals surface area contributed by atoms with Crippen molar-refractivity contribution in [3.8, 4) is 0 Å². The maximum atomic E-state index is 12.3. The van der Waals surface area contributed by atoms with Crippen molar-refractivity contribution in [1.29, 1.82) is 0 Å². The Morgan fingerprint density at radius 1 is 1.25 bits per heavy atom. The molecule has 0 radical (unpaired) electrons. The fourth-order valence-corrected chi connectivity index (χ4v) is 2.90. The van der Waals surface area contributed by atoms with E-state index in [-0.39, 0.29) is 5.91 Å². The average Bonchev–Trinajstić information content (AvgIpc) is 2.69. The molecule has 0 saturated carbocycles. The van der Waals surface area contributed by atoms with E-state index in [2.05, 4.69) is 28.2 Å². The quantitative estimate of drug-likeness (QED) is 0.780. The highest BCUT2D eigenvalue weighted by Gasteiger charge is 2.13. The standard InChI is InChI=1S/C14H13BrCl2N2O/c1-2-3-19-8-9(15)4-13(19)14(20)18-12-6-10(16)5-11(17)7-12/h4-8H,2-3H2,1H3,(H,18,20). The third kappa shape index (κ3) is 3.78. The van der Waals surface area contributed by atoms with Crippen molar-refractivity contribution in [2.24, 2.45) is 0 Å². The lowest BCUT2D eigenvalue weighted by Gasteiger charge is -2.09. The molecule has 2 aromatic rings.